The fourth-order valence-corrected chi connectivity index (χ4v) is 17.3. The van der Waals surface area contributed by atoms with Gasteiger partial charge in [-0.25, -0.2) is 0 Å². The summed E-state index contributed by atoms with van der Waals surface area (Å²) in [5, 5.41) is 37.2. The molecule has 34 rings (SSSR count). The Kier molecular flexibility index (Phi) is 24.1. The quantitative estimate of drug-likeness (QED) is 0.0803. The van der Waals surface area contributed by atoms with Crippen molar-refractivity contribution in [2.24, 2.45) is 0 Å². The van der Waals surface area contributed by atoms with E-state index < -0.39 is 0 Å². The van der Waals surface area contributed by atoms with Crippen molar-refractivity contribution in [2.45, 2.75) is 157 Å². The first kappa shape index (κ1) is 76.3. The van der Waals surface area contributed by atoms with Gasteiger partial charge in [-0.3, -0.25) is 0 Å². The highest BCUT2D eigenvalue weighted by Gasteiger charge is 2.13. The monoisotopic (exact) mass is 1480 g/mol. The molecule has 0 saturated carbocycles. The van der Waals surface area contributed by atoms with E-state index in [0.29, 0.717) is 0 Å². The van der Waals surface area contributed by atoms with Crippen molar-refractivity contribution in [3.05, 3.63) is 361 Å². The molecule has 0 aliphatic carbocycles. The van der Waals surface area contributed by atoms with E-state index in [1.807, 2.05) is 0 Å². The highest BCUT2D eigenvalue weighted by molar-refractivity contribution is 6.11. The number of rotatable bonds is 18. The molecule has 24 bridgehead atoms. The molecule has 0 N–H and O–H groups in total. The third-order valence-corrected chi connectivity index (χ3v) is 24.3. The molecule has 0 aromatic heterocycles. The van der Waals surface area contributed by atoms with Gasteiger partial charge in [-0.1, -0.05) is 408 Å². The Balaban J connectivity index is 0.828. The van der Waals surface area contributed by atoms with Crippen molar-refractivity contribution in [2.75, 3.05) is 0 Å². The maximum atomic E-state index is 2.54. The zero-order valence-electron chi connectivity index (χ0n) is 67.9. The Morgan fingerprint density at radius 1 is 0.114 bits per heavy atom. The minimum atomic E-state index is 1.10. The van der Waals surface area contributed by atoms with E-state index in [-0.39, 0.29) is 0 Å². The normalized spacial score (nSPS) is 11.5. The van der Waals surface area contributed by atoms with Crippen LogP contribution in [0.4, 0.5) is 0 Å². The molecule has 0 saturated heterocycles. The van der Waals surface area contributed by atoms with E-state index in [9.17, 15) is 0 Å². The number of hydrogen-bond donors (Lipinski definition) is 0. The van der Waals surface area contributed by atoms with E-state index in [1.54, 1.807) is 0 Å². The van der Waals surface area contributed by atoms with Gasteiger partial charge in [-0.15, -0.1) is 0 Å². The fourth-order valence-electron chi connectivity index (χ4n) is 17.3. The highest BCUT2D eigenvalue weighted by Crippen LogP contribution is 2.36. The first-order valence-corrected chi connectivity index (χ1v) is 42.9. The summed E-state index contributed by atoms with van der Waals surface area (Å²) in [7, 11) is 0. The third-order valence-electron chi connectivity index (χ3n) is 24.3. The van der Waals surface area contributed by atoms with Crippen LogP contribution in [0.2, 0.25) is 0 Å². The zero-order valence-corrected chi connectivity index (χ0v) is 67.9. The molecule has 0 nitrogen and oxygen atoms in total. The van der Waals surface area contributed by atoms with Crippen molar-refractivity contribution >= 4 is 162 Å². The van der Waals surface area contributed by atoms with Crippen LogP contribution >= 0.6 is 0 Å². The minimum absolute atomic E-state index is 1.10. The molecule has 34 aromatic carbocycles. The Morgan fingerprint density at radius 2 is 0.193 bits per heavy atom. The van der Waals surface area contributed by atoms with Gasteiger partial charge in [0.15, 0.2) is 0 Å². The number of benzene rings is 15. The Morgan fingerprint density at radius 3 is 0.272 bits per heavy atom. The van der Waals surface area contributed by atoms with Gasteiger partial charge >= 0.3 is 0 Å². The van der Waals surface area contributed by atoms with Gasteiger partial charge in [0.05, 0.1) is 0 Å². The highest BCUT2D eigenvalue weighted by atomic mass is 14.2. The van der Waals surface area contributed by atoms with Crippen molar-refractivity contribution < 1.29 is 0 Å². The van der Waals surface area contributed by atoms with Crippen LogP contribution in [0.25, 0.3) is 162 Å². The van der Waals surface area contributed by atoms with Crippen LogP contribution in [0, 0.1) is 0 Å². The first-order chi connectivity index (χ1) is 56.2. The lowest BCUT2D eigenvalue weighted by Gasteiger charge is -2.13. The molecular weight excluding hydrogens is 1370 g/mol. The minimum Gasteiger partial charge on any atom is -0.0654 e. The summed E-state index contributed by atoms with van der Waals surface area (Å²) in [6.45, 7) is 13.9. The molecular formula is C114H108. The van der Waals surface area contributed by atoms with Crippen LogP contribution in [0.5, 0.6) is 0 Å². The van der Waals surface area contributed by atoms with Crippen LogP contribution in [0.1, 0.15) is 152 Å². The lowest BCUT2D eigenvalue weighted by molar-refractivity contribution is 0.759. The van der Waals surface area contributed by atoms with E-state index in [0.717, 1.165) is 38.5 Å². The molecule has 0 atom stereocenters. The molecule has 564 valence electrons. The molecule has 0 spiro atoms. The maximum Gasteiger partial charge on any atom is -0.0102 e. The predicted octanol–water partition coefficient (Wildman–Crippen LogP) is 33.8. The summed E-state index contributed by atoms with van der Waals surface area (Å²) in [6, 6.07) is 126. The van der Waals surface area contributed by atoms with Gasteiger partial charge in [0, 0.05) is 0 Å². The molecule has 114 heavy (non-hydrogen) atoms. The van der Waals surface area contributed by atoms with E-state index in [2.05, 4.69) is 369 Å². The number of hydrogen-bond acceptors (Lipinski definition) is 0. The van der Waals surface area contributed by atoms with Crippen molar-refractivity contribution in [3.8, 4) is 0 Å². The van der Waals surface area contributed by atoms with Crippen LogP contribution in [-0.4, -0.2) is 0 Å². The van der Waals surface area contributed by atoms with E-state index in [1.165, 1.54) is 272 Å². The molecule has 0 unspecified atom stereocenters. The van der Waals surface area contributed by atoms with Gasteiger partial charge in [-0.05, 0) is 272 Å². The van der Waals surface area contributed by atoms with Gasteiger partial charge in [0.1, 0.15) is 0 Å². The van der Waals surface area contributed by atoms with Crippen LogP contribution in [-0.2, 0) is 38.5 Å². The zero-order chi connectivity index (χ0) is 77.7. The predicted molar refractivity (Wildman–Crippen MR) is 506 cm³/mol. The average Bonchev–Trinajstić information content (AvgIpc) is 0.812. The summed E-state index contributed by atoms with van der Waals surface area (Å²) < 4.78 is 0. The summed E-state index contributed by atoms with van der Waals surface area (Å²) in [5.41, 5.74) is 8.96. The smallest absolute Gasteiger partial charge is 0.0102 e. The van der Waals surface area contributed by atoms with Gasteiger partial charge in [-0.2, -0.15) is 0 Å². The molecule has 0 fully saturated rings. The largest absolute Gasteiger partial charge is 0.0654 e. The molecule has 34 aromatic rings. The van der Waals surface area contributed by atoms with Gasteiger partial charge < -0.3 is 0 Å². The fraction of sp³-hybridized carbons (Fsp3) is 0.211. The van der Waals surface area contributed by atoms with Crippen molar-refractivity contribution in [1.29, 1.82) is 0 Å². The Labute approximate surface area is 675 Å². The summed E-state index contributed by atoms with van der Waals surface area (Å²) in [5.74, 6) is 0. The van der Waals surface area contributed by atoms with Crippen LogP contribution in [0.3, 0.4) is 0 Å². The van der Waals surface area contributed by atoms with Crippen molar-refractivity contribution in [3.63, 3.8) is 0 Å². The van der Waals surface area contributed by atoms with Crippen molar-refractivity contribution in [1.82, 2.24) is 0 Å². The van der Waals surface area contributed by atoms with Gasteiger partial charge in [0.2, 0.25) is 0 Å². The third kappa shape index (κ3) is 17.1. The average molecular weight is 1480 g/mol. The number of aryl methyl sites for hydroxylation is 6. The second-order valence-electron chi connectivity index (χ2n) is 32.0. The lowest BCUT2D eigenvalue weighted by Crippen LogP contribution is -1.96. The van der Waals surface area contributed by atoms with Crippen LogP contribution < -0.4 is 0 Å². The molecule has 0 heterocycles. The number of unbranched alkanes of at least 4 members (excludes halogenated alkanes) is 6. The molecule has 0 radical (unpaired) electrons. The lowest BCUT2D eigenvalue weighted by atomic mass is 9.92. The summed E-state index contributed by atoms with van der Waals surface area (Å²) >= 11 is 0. The van der Waals surface area contributed by atoms with E-state index >= 15 is 0 Å². The van der Waals surface area contributed by atoms with Crippen LogP contribution in [0.15, 0.2) is 328 Å². The molecule has 0 heteroatoms. The summed E-state index contributed by atoms with van der Waals surface area (Å²) in [6.07, 6.45) is 20.8. The Hall–Kier alpha value is -11.7. The SMILES string of the molecule is CCCCc1cc2c3ccc(cc3)c3ccc(cc3)c3ccc(cc3)c3ccc(cc3)c3cc(CCCC)c(CCCC)cc3c3ccc(cc3)c3ccc(cc3)c3ccc(cc3)c3ccc(cc3)c3cc(CCCC)c(CCCC)cc3c3ccc(cc3)c3ccc(cc3)c3ccc(cc3)c3ccc(cc3)c2cc1CCCC. The Bertz CT molecular complexity index is 5520. The molecule has 0 amide bonds. The topological polar surface area (TPSA) is 0 Å². The maximum absolute atomic E-state index is 2.54. The van der Waals surface area contributed by atoms with Gasteiger partial charge in [0.25, 0.3) is 0 Å². The summed E-state index contributed by atoms with van der Waals surface area (Å²) in [4.78, 5) is 0. The standard InChI is InChI=1S/C114H108/c1-7-13-19-103-73-109-97-61-49-91(50-62-97)85-37-25-79(26-38-85)81-29-41-87(42-30-81)93-53-65-99(66-54-93)111-75-105(21-15-9-3)107(23-17-11-5)77-113(111)101-69-57-95(58-70-101)89-45-33-83(34-46-89)84-35-47-90(48-36-84)96-59-71-102(72-60-96)114-78-108(24-18-12-6)106(22-16-10-4)76-112(114)100-67-55-94(56-68-100)88-43-31-82(32-44-88)80-27-39-86(40-28-80)92-51-63-98(64-52-92)110(109)74-104(103)20-14-8-2/h25-78H,7-24H2,1-6H3. The molecule has 0 aliphatic rings. The second kappa shape index (κ2) is 36.0. The van der Waals surface area contributed by atoms with E-state index in [4.69, 9.17) is 0 Å². The molecule has 0 aliphatic heterocycles. The second-order valence-corrected chi connectivity index (χ2v) is 32.0. The first-order valence-electron chi connectivity index (χ1n) is 42.9.